The second-order valence-corrected chi connectivity index (χ2v) is 8.03. The average Bonchev–Trinajstić information content (AvgIpc) is 2.76. The molecule has 2 atom stereocenters. The molecule has 0 radical (unpaired) electrons. The van der Waals surface area contributed by atoms with Crippen molar-refractivity contribution in [1.29, 1.82) is 0 Å². The van der Waals surface area contributed by atoms with Crippen LogP contribution in [0, 0.1) is 5.41 Å². The van der Waals surface area contributed by atoms with Crippen LogP contribution >= 0.6 is 11.3 Å². The minimum atomic E-state index is -0.882. The molecule has 1 aromatic heterocycles. The Morgan fingerprint density at radius 2 is 2.16 bits per heavy atom. The van der Waals surface area contributed by atoms with Gasteiger partial charge >= 0.3 is 6.03 Å². The zero-order chi connectivity index (χ0) is 14.5. The van der Waals surface area contributed by atoms with Crippen LogP contribution in [-0.2, 0) is 10.8 Å². The Kier molecular flexibility index (Phi) is 6.00. The van der Waals surface area contributed by atoms with E-state index < -0.39 is 10.8 Å². The Morgan fingerprint density at radius 1 is 1.47 bits per heavy atom. The van der Waals surface area contributed by atoms with Gasteiger partial charge in [-0.3, -0.25) is 4.21 Å². The molecule has 2 amide bonds. The van der Waals surface area contributed by atoms with Crippen molar-refractivity contribution >= 4 is 28.2 Å². The van der Waals surface area contributed by atoms with E-state index in [9.17, 15) is 9.00 Å². The third-order valence-electron chi connectivity index (χ3n) is 2.64. The van der Waals surface area contributed by atoms with Gasteiger partial charge in [0.05, 0.1) is 6.04 Å². The van der Waals surface area contributed by atoms with Crippen LogP contribution in [0.4, 0.5) is 4.79 Å². The lowest BCUT2D eigenvalue weighted by Gasteiger charge is -2.30. The summed E-state index contributed by atoms with van der Waals surface area (Å²) in [6, 6.07) is 3.78. The number of rotatable bonds is 5. The second kappa shape index (κ2) is 7.05. The monoisotopic (exact) mass is 302 g/mol. The van der Waals surface area contributed by atoms with Gasteiger partial charge in [0, 0.05) is 34.2 Å². The predicted octanol–water partition coefficient (Wildman–Crippen LogP) is 2.51. The van der Waals surface area contributed by atoms with Gasteiger partial charge in [0.2, 0.25) is 0 Å². The summed E-state index contributed by atoms with van der Waals surface area (Å²) in [5, 5.41) is 7.74. The summed E-state index contributed by atoms with van der Waals surface area (Å²) < 4.78 is 10.9. The van der Waals surface area contributed by atoms with Crippen molar-refractivity contribution in [3.05, 3.63) is 22.4 Å². The Bertz CT molecular complexity index is 424. The van der Waals surface area contributed by atoms with Crippen molar-refractivity contribution in [3.63, 3.8) is 0 Å². The summed E-state index contributed by atoms with van der Waals surface area (Å²) in [4.78, 5) is 13.0. The first-order chi connectivity index (χ1) is 8.80. The molecule has 2 N–H and O–H groups in total. The number of hydrogen-bond acceptors (Lipinski definition) is 3. The molecule has 1 heterocycles. The molecule has 0 aliphatic heterocycles. The van der Waals surface area contributed by atoms with Crippen LogP contribution in [0.25, 0.3) is 0 Å². The Balaban J connectivity index is 2.59. The van der Waals surface area contributed by atoms with Gasteiger partial charge in [0.25, 0.3) is 0 Å². The maximum Gasteiger partial charge on any atom is 0.315 e. The molecular formula is C13H22N2O2S2. The average molecular weight is 302 g/mol. The SMILES string of the molecule is C[S@](=O)CCNC(=O)N[C@@H](c1cccs1)C(C)(C)C. The summed E-state index contributed by atoms with van der Waals surface area (Å²) in [6.07, 6.45) is 1.63. The Morgan fingerprint density at radius 3 is 2.63 bits per heavy atom. The molecule has 0 aliphatic rings. The van der Waals surface area contributed by atoms with Crippen molar-refractivity contribution in [2.75, 3.05) is 18.6 Å². The standard InChI is InChI=1S/C13H22N2O2S2/c1-13(2,3)11(10-6-5-8-18-10)15-12(16)14-7-9-19(4)17/h5-6,8,11H,7,9H2,1-4H3,(H2,14,15,16)/t11-,19-/m0/s1. The Hall–Kier alpha value is -0.880. The molecule has 0 unspecified atom stereocenters. The minimum absolute atomic E-state index is 0.0281. The highest BCUT2D eigenvalue weighted by Crippen LogP contribution is 2.34. The second-order valence-electron chi connectivity index (χ2n) is 5.49. The van der Waals surface area contributed by atoms with Crippen LogP contribution in [0.1, 0.15) is 31.7 Å². The molecule has 4 nitrogen and oxygen atoms in total. The number of urea groups is 1. The van der Waals surface area contributed by atoms with Crippen LogP contribution in [-0.4, -0.2) is 28.8 Å². The van der Waals surface area contributed by atoms with E-state index in [1.807, 2.05) is 17.5 Å². The molecule has 108 valence electrons. The molecule has 0 saturated heterocycles. The van der Waals surface area contributed by atoms with E-state index in [2.05, 4.69) is 31.4 Å². The number of carbonyl (C=O) groups is 1. The molecule has 1 rings (SSSR count). The van der Waals surface area contributed by atoms with Gasteiger partial charge in [-0.2, -0.15) is 0 Å². The van der Waals surface area contributed by atoms with Gasteiger partial charge in [-0.15, -0.1) is 11.3 Å². The van der Waals surface area contributed by atoms with Gasteiger partial charge in [-0.25, -0.2) is 4.79 Å². The quantitative estimate of drug-likeness (QED) is 0.878. The highest BCUT2D eigenvalue weighted by Gasteiger charge is 2.28. The van der Waals surface area contributed by atoms with E-state index in [0.29, 0.717) is 12.3 Å². The summed E-state index contributed by atoms with van der Waals surface area (Å²) in [5.74, 6) is 0.479. The highest BCUT2D eigenvalue weighted by atomic mass is 32.2. The van der Waals surface area contributed by atoms with Crippen molar-refractivity contribution in [2.45, 2.75) is 26.8 Å². The van der Waals surface area contributed by atoms with Gasteiger partial charge in [0.1, 0.15) is 0 Å². The zero-order valence-electron chi connectivity index (χ0n) is 11.9. The summed E-state index contributed by atoms with van der Waals surface area (Å²) in [5.41, 5.74) is -0.0598. The van der Waals surface area contributed by atoms with Crippen molar-refractivity contribution in [2.24, 2.45) is 5.41 Å². The van der Waals surface area contributed by atoms with E-state index in [1.54, 1.807) is 17.6 Å². The zero-order valence-corrected chi connectivity index (χ0v) is 13.5. The molecule has 6 heteroatoms. The molecule has 0 spiro atoms. The molecule has 1 aromatic rings. The minimum Gasteiger partial charge on any atom is -0.337 e. The predicted molar refractivity (Wildman–Crippen MR) is 82.0 cm³/mol. The topological polar surface area (TPSA) is 58.2 Å². The first kappa shape index (κ1) is 16.2. The van der Waals surface area contributed by atoms with Crippen molar-refractivity contribution < 1.29 is 9.00 Å². The lowest BCUT2D eigenvalue weighted by molar-refractivity contribution is 0.220. The molecule has 0 saturated carbocycles. The third kappa shape index (κ3) is 5.74. The highest BCUT2D eigenvalue weighted by molar-refractivity contribution is 7.84. The number of thiophene rings is 1. The van der Waals surface area contributed by atoms with Crippen LogP contribution in [0.5, 0.6) is 0 Å². The largest absolute Gasteiger partial charge is 0.337 e. The summed E-state index contributed by atoms with van der Waals surface area (Å²) in [7, 11) is -0.882. The third-order valence-corrected chi connectivity index (χ3v) is 4.36. The van der Waals surface area contributed by atoms with Crippen molar-refractivity contribution in [1.82, 2.24) is 10.6 Å². The first-order valence-electron chi connectivity index (χ1n) is 6.18. The van der Waals surface area contributed by atoms with E-state index in [0.717, 1.165) is 4.88 Å². The van der Waals surface area contributed by atoms with E-state index in [-0.39, 0.29) is 17.5 Å². The van der Waals surface area contributed by atoms with Crippen LogP contribution in [0.2, 0.25) is 0 Å². The number of carbonyl (C=O) groups excluding carboxylic acids is 1. The van der Waals surface area contributed by atoms with Crippen molar-refractivity contribution in [3.8, 4) is 0 Å². The molecule has 0 aromatic carbocycles. The van der Waals surface area contributed by atoms with Gasteiger partial charge < -0.3 is 10.6 Å². The smallest absolute Gasteiger partial charge is 0.315 e. The molecule has 0 fully saturated rings. The maximum atomic E-state index is 11.9. The lowest BCUT2D eigenvalue weighted by Crippen LogP contribution is -2.43. The van der Waals surface area contributed by atoms with Gasteiger partial charge in [-0.05, 0) is 16.9 Å². The van der Waals surface area contributed by atoms with E-state index >= 15 is 0 Å². The molecule has 0 aliphatic carbocycles. The molecule has 0 bridgehead atoms. The van der Waals surface area contributed by atoms with E-state index in [4.69, 9.17) is 0 Å². The molecular weight excluding hydrogens is 280 g/mol. The normalized spacial score (nSPS) is 14.7. The van der Waals surface area contributed by atoms with E-state index in [1.165, 1.54) is 0 Å². The Labute approximate surface area is 121 Å². The maximum absolute atomic E-state index is 11.9. The number of hydrogen-bond donors (Lipinski definition) is 2. The fourth-order valence-electron chi connectivity index (χ4n) is 1.66. The van der Waals surface area contributed by atoms with Crippen LogP contribution in [0.15, 0.2) is 17.5 Å². The fraction of sp³-hybridized carbons (Fsp3) is 0.615. The van der Waals surface area contributed by atoms with Crippen LogP contribution in [0.3, 0.4) is 0 Å². The van der Waals surface area contributed by atoms with Gasteiger partial charge in [-0.1, -0.05) is 26.8 Å². The summed E-state index contributed by atoms with van der Waals surface area (Å²) in [6.45, 7) is 6.71. The fourth-order valence-corrected chi connectivity index (χ4v) is 3.07. The van der Waals surface area contributed by atoms with Gasteiger partial charge in [0.15, 0.2) is 0 Å². The van der Waals surface area contributed by atoms with Crippen LogP contribution < -0.4 is 10.6 Å². The number of nitrogens with one attached hydrogen (secondary N) is 2. The lowest BCUT2D eigenvalue weighted by atomic mass is 9.86. The number of amides is 2. The summed E-state index contributed by atoms with van der Waals surface area (Å²) >= 11 is 1.64. The first-order valence-corrected chi connectivity index (χ1v) is 8.79. The molecule has 19 heavy (non-hydrogen) atoms.